The van der Waals surface area contributed by atoms with Gasteiger partial charge >= 0.3 is 0 Å². The van der Waals surface area contributed by atoms with Gasteiger partial charge in [0.25, 0.3) is 0 Å². The van der Waals surface area contributed by atoms with Gasteiger partial charge in [-0.25, -0.2) is 11.6 Å². The molecule has 0 aromatic carbocycles. The van der Waals surface area contributed by atoms with Crippen LogP contribution < -0.4 is 0 Å². The Morgan fingerprint density at radius 3 is 2.44 bits per heavy atom. The van der Waals surface area contributed by atoms with E-state index in [1.165, 1.54) is 0 Å². The fourth-order valence-electron chi connectivity index (χ4n) is 0.628. The Hall–Kier alpha value is 0.254. The zero-order valence-electron chi connectivity index (χ0n) is 5.68. The summed E-state index contributed by atoms with van der Waals surface area (Å²) in [5, 5.41) is 0. The van der Waals surface area contributed by atoms with Crippen LogP contribution in [0.4, 0.5) is 0 Å². The van der Waals surface area contributed by atoms with Gasteiger partial charge in [0.2, 0.25) is 0 Å². The molecule has 1 radical (unpaired) electrons. The maximum atomic E-state index is 3.98. The summed E-state index contributed by atoms with van der Waals surface area (Å²) in [5.74, 6) is 0. The molecule has 45 valence electrons. The van der Waals surface area contributed by atoms with Crippen LogP contribution in [0.15, 0.2) is 12.3 Å². The van der Waals surface area contributed by atoms with Gasteiger partial charge in [0.05, 0.1) is 0 Å². The van der Waals surface area contributed by atoms with Crippen LogP contribution in [-0.2, 0) is 32.7 Å². The molecule has 9 heavy (non-hydrogen) atoms. The summed E-state index contributed by atoms with van der Waals surface area (Å²) < 4.78 is 0. The van der Waals surface area contributed by atoms with Crippen molar-refractivity contribution in [2.24, 2.45) is 0 Å². The molecule has 0 aliphatic carbocycles. The number of rotatable bonds is 0. The molecule has 0 spiro atoms. The molecule has 1 aromatic rings. The Balaban J connectivity index is 0.000000640. The molecule has 0 unspecified atom stereocenters. The quantitative estimate of drug-likeness (QED) is 0.571. The van der Waals surface area contributed by atoms with E-state index < -0.39 is 0 Å². The Labute approximate surface area is 80.8 Å². The van der Waals surface area contributed by atoms with Gasteiger partial charge in [-0.05, 0) is 12.6 Å². The predicted octanol–water partition coefficient (Wildman–Crippen LogP) is 1.50. The third-order valence-electron chi connectivity index (χ3n) is 0.986. The molecule has 1 aromatic heterocycles. The molecule has 1 rings (SSSR count). The van der Waals surface area contributed by atoms with E-state index in [1.54, 1.807) is 6.20 Å². The fraction of sp³-hybridized carbons (Fsp3) is 0.286. The van der Waals surface area contributed by atoms with Crippen LogP contribution in [0.25, 0.3) is 0 Å². The maximum absolute atomic E-state index is 3.98. The first-order valence-corrected chi connectivity index (χ1v) is 2.60. The second kappa shape index (κ2) is 4.13. The Bertz CT molecular complexity index is 169. The predicted molar refractivity (Wildman–Crippen MR) is 32.5 cm³/mol. The van der Waals surface area contributed by atoms with Gasteiger partial charge in [0, 0.05) is 32.7 Å². The first-order chi connectivity index (χ1) is 3.79. The van der Waals surface area contributed by atoms with Gasteiger partial charge in [0.1, 0.15) is 0 Å². The van der Waals surface area contributed by atoms with Crippen molar-refractivity contribution in [2.75, 3.05) is 0 Å². The minimum Gasteiger partial charge on any atom is -0.301 e. The minimum atomic E-state index is 0. The minimum absolute atomic E-state index is 0. The van der Waals surface area contributed by atoms with Crippen LogP contribution in [0.2, 0.25) is 0 Å². The average molecular weight is 195 g/mol. The smallest absolute Gasteiger partial charge is 0 e. The molecule has 0 fully saturated rings. The van der Waals surface area contributed by atoms with E-state index in [1.807, 2.05) is 19.9 Å². The van der Waals surface area contributed by atoms with Crippen molar-refractivity contribution in [3.8, 4) is 0 Å². The number of pyridine rings is 1. The molecule has 0 aliphatic rings. The molecule has 0 atom stereocenters. The summed E-state index contributed by atoms with van der Waals surface area (Å²) in [7, 11) is 0. The van der Waals surface area contributed by atoms with Crippen molar-refractivity contribution in [1.29, 1.82) is 0 Å². The largest absolute Gasteiger partial charge is 0.301 e. The monoisotopic (exact) mass is 195 g/mol. The summed E-state index contributed by atoms with van der Waals surface area (Å²) in [6, 6.07) is 4.96. The zero-order chi connectivity index (χ0) is 5.98. The van der Waals surface area contributed by atoms with Crippen LogP contribution in [0.3, 0.4) is 0 Å². The standard InChI is InChI=1S/C7H8N.Y/c1-6-3-4-8-7(2)5-6;/h4-5H,1-2H3;/q-1;. The summed E-state index contributed by atoms with van der Waals surface area (Å²) in [6.45, 7) is 3.98. The molecule has 1 heterocycles. The molecular weight excluding hydrogens is 187 g/mol. The molecule has 2 heteroatoms. The Kier molecular flexibility index (Phi) is 4.25. The van der Waals surface area contributed by atoms with E-state index in [0.717, 1.165) is 11.3 Å². The molecule has 1 nitrogen and oxygen atoms in total. The number of aryl methyl sites for hydroxylation is 2. The van der Waals surface area contributed by atoms with Gasteiger partial charge < -0.3 is 4.98 Å². The van der Waals surface area contributed by atoms with E-state index in [0.29, 0.717) is 0 Å². The SMILES string of the molecule is Cc1[c-]cnc(C)c1.[Y]. The second-order valence-electron chi connectivity index (χ2n) is 1.87. The van der Waals surface area contributed by atoms with Crippen LogP contribution in [0.1, 0.15) is 11.3 Å². The van der Waals surface area contributed by atoms with Gasteiger partial charge in [-0.15, -0.1) is 0 Å². The van der Waals surface area contributed by atoms with Crippen molar-refractivity contribution < 1.29 is 32.7 Å². The van der Waals surface area contributed by atoms with Crippen LogP contribution in [-0.4, -0.2) is 4.98 Å². The van der Waals surface area contributed by atoms with E-state index >= 15 is 0 Å². The van der Waals surface area contributed by atoms with Crippen molar-refractivity contribution in [2.45, 2.75) is 13.8 Å². The van der Waals surface area contributed by atoms with Gasteiger partial charge in [-0.1, -0.05) is 13.1 Å². The third kappa shape index (κ3) is 3.07. The summed E-state index contributed by atoms with van der Waals surface area (Å²) in [4.78, 5) is 3.98. The number of hydrogen-bond donors (Lipinski definition) is 0. The first-order valence-electron chi connectivity index (χ1n) is 2.60. The molecule has 0 aliphatic heterocycles. The topological polar surface area (TPSA) is 12.9 Å². The molecule has 0 N–H and O–H groups in total. The molecule has 0 bridgehead atoms. The maximum Gasteiger partial charge on any atom is 0 e. The van der Waals surface area contributed by atoms with Gasteiger partial charge in [-0.2, -0.15) is 6.07 Å². The van der Waals surface area contributed by atoms with Gasteiger partial charge in [-0.3, -0.25) is 0 Å². The van der Waals surface area contributed by atoms with Gasteiger partial charge in [0.15, 0.2) is 0 Å². The molecule has 0 saturated carbocycles. The summed E-state index contributed by atoms with van der Waals surface area (Å²) in [5.41, 5.74) is 2.21. The van der Waals surface area contributed by atoms with Crippen LogP contribution >= 0.6 is 0 Å². The third-order valence-corrected chi connectivity index (χ3v) is 0.986. The number of aromatic nitrogens is 1. The van der Waals surface area contributed by atoms with Crippen molar-refractivity contribution in [3.63, 3.8) is 0 Å². The van der Waals surface area contributed by atoms with Crippen molar-refractivity contribution in [3.05, 3.63) is 29.6 Å². The molecule has 0 amide bonds. The average Bonchev–Trinajstić information content (AvgIpc) is 1.64. The van der Waals surface area contributed by atoms with E-state index in [9.17, 15) is 0 Å². The second-order valence-corrected chi connectivity index (χ2v) is 1.87. The molecule has 0 saturated heterocycles. The van der Waals surface area contributed by atoms with Crippen LogP contribution in [0, 0.1) is 19.9 Å². The van der Waals surface area contributed by atoms with E-state index in [2.05, 4.69) is 11.1 Å². The van der Waals surface area contributed by atoms with Crippen molar-refractivity contribution in [1.82, 2.24) is 4.98 Å². The zero-order valence-corrected chi connectivity index (χ0v) is 8.52. The fourth-order valence-corrected chi connectivity index (χ4v) is 0.628. The summed E-state index contributed by atoms with van der Waals surface area (Å²) >= 11 is 0. The normalized spacial score (nSPS) is 8.22. The van der Waals surface area contributed by atoms with E-state index in [4.69, 9.17) is 0 Å². The number of nitrogens with zero attached hydrogens (tertiary/aromatic N) is 1. The first kappa shape index (κ1) is 9.25. The van der Waals surface area contributed by atoms with E-state index in [-0.39, 0.29) is 32.7 Å². The Morgan fingerprint density at radius 2 is 2.11 bits per heavy atom. The van der Waals surface area contributed by atoms with Crippen LogP contribution in [0.5, 0.6) is 0 Å². The number of hydrogen-bond acceptors (Lipinski definition) is 1. The molecular formula is C7H8NY-. The Morgan fingerprint density at radius 1 is 1.44 bits per heavy atom. The summed E-state index contributed by atoms with van der Waals surface area (Å²) in [6.07, 6.45) is 1.70. The van der Waals surface area contributed by atoms with Crippen molar-refractivity contribution >= 4 is 0 Å².